The Balaban J connectivity index is 1.86. The van der Waals surface area contributed by atoms with E-state index in [1.807, 2.05) is 0 Å². The van der Waals surface area contributed by atoms with Crippen molar-refractivity contribution in [1.29, 1.82) is 0 Å². The Kier molecular flexibility index (Phi) is 5.24. The van der Waals surface area contributed by atoms with Crippen LogP contribution in [-0.4, -0.2) is 48.0 Å². The van der Waals surface area contributed by atoms with Gasteiger partial charge in [0.15, 0.2) is 0 Å². The van der Waals surface area contributed by atoms with Crippen molar-refractivity contribution in [1.82, 2.24) is 0 Å². The summed E-state index contributed by atoms with van der Waals surface area (Å²) in [6, 6.07) is 5.22. The zero-order chi connectivity index (χ0) is 17.9. The van der Waals surface area contributed by atoms with E-state index in [1.165, 1.54) is 7.11 Å². The van der Waals surface area contributed by atoms with Crippen molar-refractivity contribution in [3.63, 3.8) is 0 Å². The lowest BCUT2D eigenvalue weighted by molar-refractivity contribution is -0.140. The first-order valence-electron chi connectivity index (χ1n) is 7.14. The predicted octanol–water partition coefficient (Wildman–Crippen LogP) is 0.602. The number of carboxylic acids is 2. The smallest absolute Gasteiger partial charge is 0.411 e. The molecule has 9 nitrogen and oxygen atoms in total. The summed E-state index contributed by atoms with van der Waals surface area (Å²) in [6.45, 7) is -0.218. The molecule has 0 aliphatic heterocycles. The maximum Gasteiger partial charge on any atom is 0.411 e. The van der Waals surface area contributed by atoms with Crippen LogP contribution in [0.4, 0.5) is 10.5 Å². The molecular formula is C15H18N2O7. The molecule has 0 bridgehead atoms. The number of carboxylic acid groups (broad SMARTS) is 2. The van der Waals surface area contributed by atoms with Crippen LogP contribution in [-0.2, 0) is 14.3 Å². The van der Waals surface area contributed by atoms with Gasteiger partial charge in [-0.2, -0.15) is 0 Å². The number of carbonyl (C=O) groups is 3. The highest BCUT2D eigenvalue weighted by Gasteiger charge is 2.60. The van der Waals surface area contributed by atoms with Crippen molar-refractivity contribution >= 4 is 23.7 Å². The van der Waals surface area contributed by atoms with E-state index in [4.69, 9.17) is 25.4 Å². The van der Waals surface area contributed by atoms with Crippen molar-refractivity contribution < 1.29 is 34.1 Å². The largest absolute Gasteiger partial charge is 0.497 e. The topological polar surface area (TPSA) is 148 Å². The molecule has 4 atom stereocenters. The first-order valence-corrected chi connectivity index (χ1v) is 7.14. The summed E-state index contributed by atoms with van der Waals surface area (Å²) in [7, 11) is 1.52. The Morgan fingerprint density at radius 3 is 2.38 bits per heavy atom. The van der Waals surface area contributed by atoms with Gasteiger partial charge in [0, 0.05) is 17.5 Å². The number of ether oxygens (including phenoxy) is 2. The highest BCUT2D eigenvalue weighted by molar-refractivity contribution is 5.85. The Labute approximate surface area is 137 Å². The maximum atomic E-state index is 11.7. The molecule has 1 aromatic rings. The SMILES string of the molecule is COc1ccc(NC(=O)OC[C@@H]2[C@@H](C(=O)O)[C@@H]2[C@@H](N)C(=O)O)cc1. The normalized spacial score (nSPS) is 23.0. The van der Waals surface area contributed by atoms with Crippen molar-refractivity contribution in [3.8, 4) is 5.75 Å². The fourth-order valence-corrected chi connectivity index (χ4v) is 2.62. The second-order valence-corrected chi connectivity index (χ2v) is 5.42. The Hall–Kier alpha value is -2.81. The monoisotopic (exact) mass is 338 g/mol. The third-order valence-corrected chi connectivity index (χ3v) is 3.96. The van der Waals surface area contributed by atoms with Crippen LogP contribution in [0.2, 0.25) is 0 Å². The number of hydrogen-bond acceptors (Lipinski definition) is 6. The second kappa shape index (κ2) is 7.18. The van der Waals surface area contributed by atoms with Gasteiger partial charge >= 0.3 is 18.0 Å². The van der Waals surface area contributed by atoms with Crippen LogP contribution >= 0.6 is 0 Å². The van der Waals surface area contributed by atoms with Crippen molar-refractivity contribution in [3.05, 3.63) is 24.3 Å². The van der Waals surface area contributed by atoms with E-state index < -0.39 is 41.8 Å². The van der Waals surface area contributed by atoms with Gasteiger partial charge in [0.2, 0.25) is 0 Å². The number of nitrogens with two attached hydrogens (primary N) is 1. The van der Waals surface area contributed by atoms with Gasteiger partial charge in [0.25, 0.3) is 0 Å². The first kappa shape index (κ1) is 17.5. The number of methoxy groups -OCH3 is 1. The van der Waals surface area contributed by atoms with Crippen LogP contribution in [0.3, 0.4) is 0 Å². The van der Waals surface area contributed by atoms with E-state index in [0.29, 0.717) is 11.4 Å². The molecule has 1 aliphatic carbocycles. The molecular weight excluding hydrogens is 320 g/mol. The van der Waals surface area contributed by atoms with Crippen LogP contribution in [0.5, 0.6) is 5.75 Å². The van der Waals surface area contributed by atoms with Gasteiger partial charge in [-0.25, -0.2) is 4.79 Å². The number of nitrogens with one attached hydrogen (secondary N) is 1. The highest BCUT2D eigenvalue weighted by Crippen LogP contribution is 2.48. The average Bonchev–Trinajstić information content (AvgIpc) is 3.27. The molecule has 130 valence electrons. The third kappa shape index (κ3) is 3.93. The molecule has 2 rings (SSSR count). The molecule has 0 radical (unpaired) electrons. The predicted molar refractivity (Wildman–Crippen MR) is 81.7 cm³/mol. The minimum Gasteiger partial charge on any atom is -0.497 e. The lowest BCUT2D eigenvalue weighted by Crippen LogP contribution is -2.34. The standard InChI is InChI=1S/C15H18N2O7/c1-23-8-4-2-7(3-5-8)17-15(22)24-6-9-10(11(9)13(18)19)12(16)14(20)21/h2-5,9-12H,6,16H2,1H3,(H,17,22)(H,18,19)(H,20,21)/t9-,10+,11+,12+/m0/s1. The second-order valence-electron chi connectivity index (χ2n) is 5.42. The Morgan fingerprint density at radius 2 is 1.88 bits per heavy atom. The molecule has 0 unspecified atom stereocenters. The number of hydrogen-bond donors (Lipinski definition) is 4. The van der Waals surface area contributed by atoms with Crippen molar-refractivity contribution in [2.24, 2.45) is 23.5 Å². The molecule has 5 N–H and O–H groups in total. The molecule has 24 heavy (non-hydrogen) atoms. The summed E-state index contributed by atoms with van der Waals surface area (Å²) in [5, 5.41) is 20.4. The molecule has 0 aromatic heterocycles. The van der Waals surface area contributed by atoms with Gasteiger partial charge < -0.3 is 25.4 Å². The molecule has 1 aliphatic rings. The van der Waals surface area contributed by atoms with Gasteiger partial charge in [-0.05, 0) is 24.3 Å². The van der Waals surface area contributed by atoms with Crippen LogP contribution < -0.4 is 15.8 Å². The summed E-state index contributed by atoms with van der Waals surface area (Å²) in [6.07, 6.45) is -0.765. The first-order chi connectivity index (χ1) is 11.3. The van der Waals surface area contributed by atoms with Gasteiger partial charge in [0.1, 0.15) is 11.8 Å². The Bertz CT molecular complexity index is 631. The molecule has 1 saturated carbocycles. The lowest BCUT2D eigenvalue weighted by atomic mass is 10.1. The summed E-state index contributed by atoms with van der Waals surface area (Å²) in [4.78, 5) is 33.7. The van der Waals surface area contributed by atoms with E-state index in [9.17, 15) is 14.4 Å². The zero-order valence-corrected chi connectivity index (χ0v) is 12.8. The third-order valence-electron chi connectivity index (χ3n) is 3.96. The van der Waals surface area contributed by atoms with Gasteiger partial charge in [0.05, 0.1) is 19.6 Å². The number of anilines is 1. The fraction of sp³-hybridized carbons (Fsp3) is 0.400. The number of benzene rings is 1. The van der Waals surface area contributed by atoms with Crippen LogP contribution in [0.15, 0.2) is 24.3 Å². The molecule has 1 aromatic carbocycles. The fourth-order valence-electron chi connectivity index (χ4n) is 2.62. The molecule has 0 saturated heterocycles. The van der Waals surface area contributed by atoms with E-state index in [-0.39, 0.29) is 6.61 Å². The zero-order valence-electron chi connectivity index (χ0n) is 12.8. The van der Waals surface area contributed by atoms with E-state index in [1.54, 1.807) is 24.3 Å². The van der Waals surface area contributed by atoms with Crippen LogP contribution in [0, 0.1) is 17.8 Å². The van der Waals surface area contributed by atoms with E-state index >= 15 is 0 Å². The quantitative estimate of drug-likeness (QED) is 0.565. The van der Waals surface area contributed by atoms with Crippen molar-refractivity contribution in [2.45, 2.75) is 6.04 Å². The molecule has 9 heteroatoms. The molecule has 1 amide bonds. The summed E-state index contributed by atoms with van der Waals surface area (Å²) >= 11 is 0. The van der Waals surface area contributed by atoms with Gasteiger partial charge in [-0.3, -0.25) is 14.9 Å². The van der Waals surface area contributed by atoms with Crippen molar-refractivity contribution in [2.75, 3.05) is 19.0 Å². The maximum absolute atomic E-state index is 11.7. The molecule has 1 fully saturated rings. The summed E-state index contributed by atoms with van der Waals surface area (Å²) in [5.41, 5.74) is 5.94. The minimum atomic E-state index is -1.30. The molecule has 0 spiro atoms. The number of carbonyl (C=O) groups excluding carboxylic acids is 1. The molecule has 0 heterocycles. The van der Waals surface area contributed by atoms with Crippen LogP contribution in [0.25, 0.3) is 0 Å². The lowest BCUT2D eigenvalue weighted by Gasteiger charge is -2.08. The summed E-state index contributed by atoms with van der Waals surface area (Å²) < 4.78 is 9.96. The minimum absolute atomic E-state index is 0.218. The van der Waals surface area contributed by atoms with E-state index in [2.05, 4.69) is 5.32 Å². The van der Waals surface area contributed by atoms with Crippen LogP contribution in [0.1, 0.15) is 0 Å². The number of amides is 1. The van der Waals surface area contributed by atoms with Gasteiger partial charge in [-0.1, -0.05) is 0 Å². The number of rotatable bonds is 7. The van der Waals surface area contributed by atoms with E-state index in [0.717, 1.165) is 0 Å². The number of aliphatic carboxylic acids is 2. The van der Waals surface area contributed by atoms with Gasteiger partial charge in [-0.15, -0.1) is 0 Å². The Morgan fingerprint density at radius 1 is 1.25 bits per heavy atom. The summed E-state index contributed by atoms with van der Waals surface area (Å²) in [5.74, 6) is -4.10. The highest BCUT2D eigenvalue weighted by atomic mass is 16.5. The average molecular weight is 338 g/mol.